The number of ether oxygens (including phenoxy) is 1. The van der Waals surface area contributed by atoms with E-state index in [0.29, 0.717) is 0 Å². The van der Waals surface area contributed by atoms with E-state index in [-0.39, 0.29) is 11.4 Å². The Balaban J connectivity index is 2.26. The van der Waals surface area contributed by atoms with Gasteiger partial charge in [0, 0.05) is 5.56 Å². The maximum Gasteiger partial charge on any atom is 0.322 e. The molecule has 1 heterocycles. The van der Waals surface area contributed by atoms with E-state index in [4.69, 9.17) is 4.74 Å². The van der Waals surface area contributed by atoms with E-state index < -0.39 is 5.41 Å². The molecule has 1 atom stereocenters. The Morgan fingerprint density at radius 2 is 2.00 bits per heavy atom. The van der Waals surface area contributed by atoms with Crippen molar-refractivity contribution in [2.45, 2.75) is 45.4 Å². The van der Waals surface area contributed by atoms with Gasteiger partial charge in [0.2, 0.25) is 0 Å². The highest BCUT2D eigenvalue weighted by Crippen LogP contribution is 2.59. The molecule has 2 nitrogen and oxygen atoms in total. The lowest BCUT2D eigenvalue weighted by Gasteiger charge is -2.35. The molecule has 1 aromatic carbocycles. The summed E-state index contributed by atoms with van der Waals surface area (Å²) in [5.74, 6) is 0.733. The van der Waals surface area contributed by atoms with Crippen molar-refractivity contribution < 1.29 is 9.53 Å². The van der Waals surface area contributed by atoms with Gasteiger partial charge in [-0.1, -0.05) is 38.0 Å². The molecule has 2 aliphatic rings. The minimum absolute atomic E-state index is 0.00310. The third kappa shape index (κ3) is 1.18. The highest BCUT2D eigenvalue weighted by atomic mass is 16.5. The fourth-order valence-electron chi connectivity index (χ4n) is 3.59. The van der Waals surface area contributed by atoms with Crippen LogP contribution in [0.15, 0.2) is 18.2 Å². The minimum atomic E-state index is -0.394. The zero-order chi connectivity index (χ0) is 12.3. The standard InChI is InChI=1S/C15H18O2/c1-10-5-6-12-11(9-10)15(13(16)17-12)8-4-7-14(15,2)3/h5-6,9H,4,7-8H2,1-3H3. The molecule has 2 heteroatoms. The number of rotatable bonds is 0. The van der Waals surface area contributed by atoms with Gasteiger partial charge in [-0.2, -0.15) is 0 Å². The Morgan fingerprint density at radius 1 is 1.24 bits per heavy atom. The number of hydrogen-bond donors (Lipinski definition) is 0. The van der Waals surface area contributed by atoms with E-state index in [2.05, 4.69) is 26.8 Å². The quantitative estimate of drug-likeness (QED) is 0.504. The SMILES string of the molecule is Cc1ccc2c(c1)C1(CCCC1(C)C)C(=O)O2. The van der Waals surface area contributed by atoms with Gasteiger partial charge in [0.1, 0.15) is 11.2 Å². The monoisotopic (exact) mass is 230 g/mol. The van der Waals surface area contributed by atoms with Crippen molar-refractivity contribution in [2.24, 2.45) is 5.41 Å². The first kappa shape index (κ1) is 10.8. The zero-order valence-electron chi connectivity index (χ0n) is 10.7. The van der Waals surface area contributed by atoms with Crippen LogP contribution in [0.3, 0.4) is 0 Å². The maximum atomic E-state index is 12.4. The Morgan fingerprint density at radius 3 is 2.65 bits per heavy atom. The topological polar surface area (TPSA) is 26.3 Å². The average molecular weight is 230 g/mol. The van der Waals surface area contributed by atoms with Gasteiger partial charge in [-0.15, -0.1) is 0 Å². The number of esters is 1. The predicted octanol–water partition coefficient (Wildman–Crippen LogP) is 3.36. The van der Waals surface area contributed by atoms with Crippen LogP contribution in [0.1, 0.15) is 44.2 Å². The summed E-state index contributed by atoms with van der Waals surface area (Å²) in [6.07, 6.45) is 3.13. The summed E-state index contributed by atoms with van der Waals surface area (Å²) in [4.78, 5) is 12.4. The molecule has 17 heavy (non-hydrogen) atoms. The second kappa shape index (κ2) is 3.12. The number of aryl methyl sites for hydroxylation is 1. The molecule has 1 saturated carbocycles. The van der Waals surface area contributed by atoms with Crippen LogP contribution in [0.5, 0.6) is 5.75 Å². The van der Waals surface area contributed by atoms with Crippen LogP contribution in [-0.2, 0) is 10.2 Å². The molecule has 0 amide bonds. The van der Waals surface area contributed by atoms with Crippen molar-refractivity contribution >= 4 is 5.97 Å². The second-order valence-corrected chi connectivity index (χ2v) is 6.03. The van der Waals surface area contributed by atoms with E-state index >= 15 is 0 Å². The van der Waals surface area contributed by atoms with Gasteiger partial charge in [0.25, 0.3) is 0 Å². The number of benzene rings is 1. The van der Waals surface area contributed by atoms with E-state index in [1.54, 1.807) is 0 Å². The van der Waals surface area contributed by atoms with Crippen LogP contribution in [0, 0.1) is 12.3 Å². The van der Waals surface area contributed by atoms with Crippen LogP contribution in [0.25, 0.3) is 0 Å². The Kier molecular flexibility index (Phi) is 1.99. The van der Waals surface area contributed by atoms with E-state index in [0.717, 1.165) is 30.6 Å². The average Bonchev–Trinajstić information content (AvgIpc) is 2.70. The molecule has 1 unspecified atom stereocenters. The minimum Gasteiger partial charge on any atom is -0.426 e. The molecule has 0 radical (unpaired) electrons. The van der Waals surface area contributed by atoms with Crippen LogP contribution in [0.2, 0.25) is 0 Å². The lowest BCUT2D eigenvalue weighted by Crippen LogP contribution is -2.42. The summed E-state index contributed by atoms with van der Waals surface area (Å²) in [7, 11) is 0. The van der Waals surface area contributed by atoms with Crippen molar-refractivity contribution in [3.63, 3.8) is 0 Å². The van der Waals surface area contributed by atoms with E-state index in [1.165, 1.54) is 5.56 Å². The Labute approximate surface area is 102 Å². The third-order valence-electron chi connectivity index (χ3n) is 4.65. The molecule has 0 bridgehead atoms. The normalized spacial score (nSPS) is 29.5. The predicted molar refractivity (Wildman–Crippen MR) is 66.1 cm³/mol. The van der Waals surface area contributed by atoms with Crippen molar-refractivity contribution in [2.75, 3.05) is 0 Å². The highest BCUT2D eigenvalue weighted by molar-refractivity contribution is 5.92. The first-order valence-electron chi connectivity index (χ1n) is 6.31. The molecule has 90 valence electrons. The van der Waals surface area contributed by atoms with Gasteiger partial charge in [-0.25, -0.2) is 0 Å². The van der Waals surface area contributed by atoms with Gasteiger partial charge >= 0.3 is 5.97 Å². The van der Waals surface area contributed by atoms with Gasteiger partial charge < -0.3 is 4.74 Å². The molecule has 0 saturated heterocycles. The molecule has 0 N–H and O–H groups in total. The fraction of sp³-hybridized carbons (Fsp3) is 0.533. The Bertz CT molecular complexity index is 502. The van der Waals surface area contributed by atoms with Crippen molar-refractivity contribution in [3.8, 4) is 5.75 Å². The summed E-state index contributed by atoms with van der Waals surface area (Å²) < 4.78 is 5.50. The van der Waals surface area contributed by atoms with Gasteiger partial charge in [0.05, 0.1) is 0 Å². The first-order valence-corrected chi connectivity index (χ1v) is 6.31. The van der Waals surface area contributed by atoms with Gasteiger partial charge in [-0.3, -0.25) is 4.79 Å². The van der Waals surface area contributed by atoms with Crippen molar-refractivity contribution in [1.82, 2.24) is 0 Å². The highest BCUT2D eigenvalue weighted by Gasteiger charge is 2.60. The van der Waals surface area contributed by atoms with Gasteiger partial charge in [0.15, 0.2) is 0 Å². The molecular formula is C15H18O2. The molecule has 1 aromatic rings. The molecular weight excluding hydrogens is 212 g/mol. The summed E-state index contributed by atoms with van der Waals surface area (Å²) in [5.41, 5.74) is 1.92. The van der Waals surface area contributed by atoms with Crippen LogP contribution in [0.4, 0.5) is 0 Å². The van der Waals surface area contributed by atoms with Crippen LogP contribution < -0.4 is 4.74 Å². The summed E-state index contributed by atoms with van der Waals surface area (Å²) in [6, 6.07) is 6.08. The van der Waals surface area contributed by atoms with Crippen molar-refractivity contribution in [3.05, 3.63) is 29.3 Å². The van der Waals surface area contributed by atoms with Gasteiger partial charge in [-0.05, 0) is 31.2 Å². The first-order chi connectivity index (χ1) is 7.97. The molecule has 0 aromatic heterocycles. The maximum absolute atomic E-state index is 12.4. The summed E-state index contributed by atoms with van der Waals surface area (Å²) in [6.45, 7) is 6.45. The number of fused-ring (bicyclic) bond motifs is 2. The molecule has 3 rings (SSSR count). The zero-order valence-corrected chi connectivity index (χ0v) is 10.7. The molecule has 1 fully saturated rings. The van der Waals surface area contributed by atoms with Crippen molar-refractivity contribution in [1.29, 1.82) is 0 Å². The number of carbonyl (C=O) groups excluding carboxylic acids is 1. The van der Waals surface area contributed by atoms with E-state index in [1.807, 2.05) is 12.1 Å². The fourth-order valence-corrected chi connectivity index (χ4v) is 3.59. The smallest absolute Gasteiger partial charge is 0.322 e. The third-order valence-corrected chi connectivity index (χ3v) is 4.65. The van der Waals surface area contributed by atoms with Crippen LogP contribution in [-0.4, -0.2) is 5.97 Å². The summed E-state index contributed by atoms with van der Waals surface area (Å²) in [5, 5.41) is 0. The largest absolute Gasteiger partial charge is 0.426 e. The molecule has 1 aliphatic carbocycles. The second-order valence-electron chi connectivity index (χ2n) is 6.03. The lowest BCUT2D eigenvalue weighted by atomic mass is 9.64. The molecule has 1 spiro atoms. The van der Waals surface area contributed by atoms with E-state index in [9.17, 15) is 4.79 Å². The molecule has 1 aliphatic heterocycles. The van der Waals surface area contributed by atoms with Crippen LogP contribution >= 0.6 is 0 Å². The lowest BCUT2D eigenvalue weighted by molar-refractivity contribution is -0.141. The number of carbonyl (C=O) groups is 1. The Hall–Kier alpha value is -1.31. The summed E-state index contributed by atoms with van der Waals surface area (Å²) >= 11 is 0. The number of hydrogen-bond acceptors (Lipinski definition) is 2.